The number of ether oxygens (including phenoxy) is 1. The van der Waals surface area contributed by atoms with Crippen LogP contribution in [-0.4, -0.2) is 50.3 Å². The molecule has 0 aliphatic rings. The molecule has 2 N–H and O–H groups in total. The Bertz CT molecular complexity index is 1120. The second kappa shape index (κ2) is 7.83. The van der Waals surface area contributed by atoms with Crippen molar-refractivity contribution in [3.8, 4) is 0 Å². The zero-order valence-electron chi connectivity index (χ0n) is 15.3. The summed E-state index contributed by atoms with van der Waals surface area (Å²) in [4.78, 5) is 27.3. The third kappa shape index (κ3) is 4.05. The number of carbonyl (C=O) groups is 2. The quantitative estimate of drug-likeness (QED) is 0.616. The molecule has 0 atom stereocenters. The summed E-state index contributed by atoms with van der Waals surface area (Å²) in [5, 5.41) is 3.27. The Kier molecular flexibility index (Phi) is 5.48. The highest BCUT2D eigenvalue weighted by molar-refractivity contribution is 7.89. The number of rotatable bonds is 6. The Hall–Kier alpha value is -3.17. The lowest BCUT2D eigenvalue weighted by atomic mass is 10.2. The third-order valence-electron chi connectivity index (χ3n) is 4.06. The fraction of sp³-hybridized carbons (Fsp3) is 0.158. The average Bonchev–Trinajstić information content (AvgIpc) is 3.10. The van der Waals surface area contributed by atoms with Gasteiger partial charge in [0.1, 0.15) is 0 Å². The van der Waals surface area contributed by atoms with E-state index in [1.165, 1.54) is 44.6 Å². The van der Waals surface area contributed by atoms with Crippen LogP contribution in [0.4, 0.5) is 5.69 Å². The molecule has 0 fully saturated rings. The van der Waals surface area contributed by atoms with Crippen molar-refractivity contribution in [1.82, 2.24) is 9.29 Å². The first-order valence-corrected chi connectivity index (χ1v) is 9.79. The number of hydrogen-bond acceptors (Lipinski definition) is 5. The fourth-order valence-corrected chi connectivity index (χ4v) is 3.47. The van der Waals surface area contributed by atoms with Crippen molar-refractivity contribution in [3.63, 3.8) is 0 Å². The maximum absolute atomic E-state index is 12.2. The largest absolute Gasteiger partial charge is 0.452 e. The van der Waals surface area contributed by atoms with Crippen molar-refractivity contribution in [1.29, 1.82) is 0 Å². The molecule has 0 aliphatic heterocycles. The fourth-order valence-electron chi connectivity index (χ4n) is 2.57. The van der Waals surface area contributed by atoms with Gasteiger partial charge in [0.2, 0.25) is 10.0 Å². The molecular weight excluding hydrogens is 382 g/mol. The number of aromatic amines is 1. The van der Waals surface area contributed by atoms with Crippen LogP contribution in [0.25, 0.3) is 10.9 Å². The van der Waals surface area contributed by atoms with Gasteiger partial charge in [0, 0.05) is 36.9 Å². The minimum Gasteiger partial charge on any atom is -0.452 e. The van der Waals surface area contributed by atoms with Gasteiger partial charge in [-0.25, -0.2) is 17.5 Å². The summed E-state index contributed by atoms with van der Waals surface area (Å²) >= 11 is 0. The molecule has 9 heteroatoms. The van der Waals surface area contributed by atoms with Crippen LogP contribution in [0.15, 0.2) is 59.6 Å². The summed E-state index contributed by atoms with van der Waals surface area (Å²) in [7, 11) is -0.663. The zero-order chi connectivity index (χ0) is 20.3. The molecule has 8 nitrogen and oxygen atoms in total. The van der Waals surface area contributed by atoms with Crippen LogP contribution in [-0.2, 0) is 19.6 Å². The second-order valence-corrected chi connectivity index (χ2v) is 8.34. The summed E-state index contributed by atoms with van der Waals surface area (Å²) in [6.07, 6.45) is 1.54. The normalized spacial score (nSPS) is 11.5. The van der Waals surface area contributed by atoms with Gasteiger partial charge in [-0.3, -0.25) is 4.79 Å². The van der Waals surface area contributed by atoms with Crippen molar-refractivity contribution in [2.75, 3.05) is 26.0 Å². The van der Waals surface area contributed by atoms with Crippen LogP contribution >= 0.6 is 0 Å². The Morgan fingerprint density at radius 2 is 1.75 bits per heavy atom. The van der Waals surface area contributed by atoms with E-state index in [1.54, 1.807) is 12.1 Å². The zero-order valence-corrected chi connectivity index (χ0v) is 16.1. The van der Waals surface area contributed by atoms with E-state index in [2.05, 4.69) is 10.3 Å². The molecular formula is C19H19N3O5S. The molecule has 0 saturated carbocycles. The first kappa shape index (κ1) is 19.6. The van der Waals surface area contributed by atoms with E-state index in [4.69, 9.17) is 4.74 Å². The Morgan fingerprint density at radius 1 is 1.07 bits per heavy atom. The van der Waals surface area contributed by atoms with Gasteiger partial charge < -0.3 is 15.0 Å². The predicted octanol–water partition coefficient (Wildman–Crippen LogP) is 2.21. The molecule has 1 aromatic heterocycles. The Morgan fingerprint density at radius 3 is 2.43 bits per heavy atom. The smallest absolute Gasteiger partial charge is 0.340 e. The van der Waals surface area contributed by atoms with E-state index in [-0.39, 0.29) is 4.90 Å². The van der Waals surface area contributed by atoms with Gasteiger partial charge in [-0.2, -0.15) is 0 Å². The number of H-pyrrole nitrogens is 1. The topological polar surface area (TPSA) is 109 Å². The average molecular weight is 401 g/mol. The first-order valence-electron chi connectivity index (χ1n) is 8.35. The van der Waals surface area contributed by atoms with Crippen molar-refractivity contribution < 1.29 is 22.7 Å². The highest BCUT2D eigenvalue weighted by Crippen LogP contribution is 2.19. The van der Waals surface area contributed by atoms with Crippen LogP contribution < -0.4 is 5.32 Å². The molecule has 0 saturated heterocycles. The Labute approximate surface area is 162 Å². The van der Waals surface area contributed by atoms with Crippen molar-refractivity contribution in [2.24, 2.45) is 0 Å². The lowest BCUT2D eigenvalue weighted by Crippen LogP contribution is -2.22. The number of amides is 1. The molecule has 0 radical (unpaired) electrons. The number of benzene rings is 2. The van der Waals surface area contributed by atoms with E-state index in [9.17, 15) is 18.0 Å². The first-order chi connectivity index (χ1) is 13.3. The number of nitrogens with one attached hydrogen (secondary N) is 2. The lowest BCUT2D eigenvalue weighted by molar-refractivity contribution is -0.119. The van der Waals surface area contributed by atoms with Crippen LogP contribution in [0.3, 0.4) is 0 Å². The molecule has 0 unspecified atom stereocenters. The summed E-state index contributed by atoms with van der Waals surface area (Å²) < 4.78 is 30.2. The highest BCUT2D eigenvalue weighted by atomic mass is 32.2. The van der Waals surface area contributed by atoms with Crippen LogP contribution in [0, 0.1) is 0 Å². The van der Waals surface area contributed by atoms with E-state index in [0.717, 1.165) is 9.82 Å². The molecule has 1 heterocycles. The third-order valence-corrected chi connectivity index (χ3v) is 5.89. The Balaban J connectivity index is 1.59. The number of anilines is 1. The van der Waals surface area contributed by atoms with E-state index in [0.29, 0.717) is 16.6 Å². The van der Waals surface area contributed by atoms with Crippen molar-refractivity contribution >= 4 is 38.5 Å². The molecule has 146 valence electrons. The van der Waals surface area contributed by atoms with E-state index in [1.807, 2.05) is 12.1 Å². The van der Waals surface area contributed by atoms with Crippen molar-refractivity contribution in [3.05, 3.63) is 60.3 Å². The van der Waals surface area contributed by atoms with Crippen molar-refractivity contribution in [2.45, 2.75) is 4.90 Å². The molecule has 2 aromatic carbocycles. The predicted molar refractivity (Wildman–Crippen MR) is 105 cm³/mol. The number of sulfonamides is 1. The molecule has 3 rings (SSSR count). The second-order valence-electron chi connectivity index (χ2n) is 6.18. The number of aromatic nitrogens is 1. The molecule has 0 aliphatic carbocycles. The highest BCUT2D eigenvalue weighted by Gasteiger charge is 2.17. The lowest BCUT2D eigenvalue weighted by Gasteiger charge is -2.12. The molecule has 1 amide bonds. The van der Waals surface area contributed by atoms with Gasteiger partial charge >= 0.3 is 5.97 Å². The number of nitrogens with zero attached hydrogens (tertiary/aromatic N) is 1. The number of fused-ring (bicyclic) bond motifs is 1. The van der Waals surface area contributed by atoms with Gasteiger partial charge in [-0.1, -0.05) is 18.2 Å². The van der Waals surface area contributed by atoms with Gasteiger partial charge in [-0.05, 0) is 30.3 Å². The minimum absolute atomic E-state index is 0.112. The molecule has 3 aromatic rings. The number of para-hydroxylation sites is 1. The summed E-state index contributed by atoms with van der Waals surface area (Å²) in [6, 6.07) is 13.0. The monoisotopic (exact) mass is 401 g/mol. The number of hydrogen-bond donors (Lipinski definition) is 2. The van der Waals surface area contributed by atoms with E-state index >= 15 is 0 Å². The number of esters is 1. The summed E-state index contributed by atoms with van der Waals surface area (Å²) in [5.41, 5.74) is 1.54. The summed E-state index contributed by atoms with van der Waals surface area (Å²) in [6.45, 7) is -0.462. The van der Waals surface area contributed by atoms with Gasteiger partial charge in [0.25, 0.3) is 5.91 Å². The number of carbonyl (C=O) groups excluding carboxylic acids is 2. The standard InChI is InChI=1S/C19H19N3O5S/c1-22(2)28(25,26)14-9-7-13(8-10-14)21-18(23)12-27-19(24)16-11-20-17-6-4-3-5-15(16)17/h3-11,20H,12H2,1-2H3,(H,21,23). The van der Waals surface area contributed by atoms with Crippen LogP contribution in [0.5, 0.6) is 0 Å². The molecule has 28 heavy (non-hydrogen) atoms. The van der Waals surface area contributed by atoms with Gasteiger partial charge in [-0.15, -0.1) is 0 Å². The van der Waals surface area contributed by atoms with Crippen LogP contribution in [0.2, 0.25) is 0 Å². The minimum atomic E-state index is -3.54. The van der Waals surface area contributed by atoms with Gasteiger partial charge in [0.05, 0.1) is 10.5 Å². The SMILES string of the molecule is CN(C)S(=O)(=O)c1ccc(NC(=O)COC(=O)c2c[nH]c3ccccc23)cc1. The molecule has 0 bridgehead atoms. The van der Waals surface area contributed by atoms with Crippen LogP contribution in [0.1, 0.15) is 10.4 Å². The van der Waals surface area contributed by atoms with E-state index < -0.39 is 28.5 Å². The molecule has 0 spiro atoms. The maximum Gasteiger partial charge on any atom is 0.340 e. The summed E-state index contributed by atoms with van der Waals surface area (Å²) in [5.74, 6) is -1.14. The maximum atomic E-state index is 12.2. The van der Waals surface area contributed by atoms with Gasteiger partial charge in [0.15, 0.2) is 6.61 Å².